The van der Waals surface area contributed by atoms with E-state index in [4.69, 9.17) is 10.5 Å². The van der Waals surface area contributed by atoms with Gasteiger partial charge in [-0.3, -0.25) is 14.5 Å². The zero-order valence-corrected chi connectivity index (χ0v) is 12.6. The number of ketones is 1. The number of imide groups is 1. The Hall–Kier alpha value is -0.920. The largest absolute Gasteiger partial charge is 0.379 e. The third kappa shape index (κ3) is 5.60. The third-order valence-electron chi connectivity index (χ3n) is 2.92. The predicted molar refractivity (Wildman–Crippen MR) is 77.4 cm³/mol. The van der Waals surface area contributed by atoms with Gasteiger partial charge in [0, 0.05) is 31.7 Å². The molecule has 0 aromatic heterocycles. The van der Waals surface area contributed by atoms with Gasteiger partial charge in [0.1, 0.15) is 5.78 Å². The van der Waals surface area contributed by atoms with Crippen molar-refractivity contribution in [3.8, 4) is 0 Å². The van der Waals surface area contributed by atoms with Gasteiger partial charge in [-0.25, -0.2) is 0 Å². The molecule has 1 atom stereocenters. The molecule has 20 heavy (non-hydrogen) atoms. The maximum absolute atomic E-state index is 12.1. The molecule has 1 aliphatic heterocycles. The zero-order valence-electron chi connectivity index (χ0n) is 11.8. The zero-order chi connectivity index (χ0) is 15.0. The van der Waals surface area contributed by atoms with Crippen molar-refractivity contribution in [2.24, 2.45) is 5.73 Å². The fourth-order valence-electron chi connectivity index (χ4n) is 1.94. The summed E-state index contributed by atoms with van der Waals surface area (Å²) in [5.74, 6) is 0.471. The monoisotopic (exact) mass is 302 g/mol. The van der Waals surface area contributed by atoms with E-state index in [1.54, 1.807) is 0 Å². The maximum Gasteiger partial charge on any atom is 0.242 e. The summed E-state index contributed by atoms with van der Waals surface area (Å²) in [6.45, 7) is 3.38. The average Bonchev–Trinajstić information content (AvgIpc) is 2.65. The molecule has 1 saturated heterocycles. The number of thioether (sulfide) groups is 1. The maximum atomic E-state index is 12.1. The molecule has 0 bridgehead atoms. The number of ether oxygens (including phenoxy) is 1. The standard InChI is InChI=1S/C13H22N2O4S/c1-10(16)3-2-5-15-12(17)9-11(13(15)18)20-8-7-19-6-4-14/h11H,2-9,14H2,1H3. The molecule has 0 aliphatic carbocycles. The lowest BCUT2D eigenvalue weighted by Crippen LogP contribution is -2.32. The lowest BCUT2D eigenvalue weighted by Gasteiger charge is -2.14. The molecule has 1 rings (SSSR count). The summed E-state index contributed by atoms with van der Waals surface area (Å²) in [5.41, 5.74) is 5.30. The van der Waals surface area contributed by atoms with Gasteiger partial charge in [0.2, 0.25) is 11.8 Å². The molecular formula is C13H22N2O4S. The first-order chi connectivity index (χ1) is 9.56. The number of nitrogens with two attached hydrogens (primary N) is 1. The molecule has 0 spiro atoms. The van der Waals surface area contributed by atoms with Crippen LogP contribution in [0, 0.1) is 0 Å². The van der Waals surface area contributed by atoms with Gasteiger partial charge in [-0.2, -0.15) is 0 Å². The summed E-state index contributed by atoms with van der Waals surface area (Å²) in [4.78, 5) is 36.0. The normalized spacial score (nSPS) is 18.9. The van der Waals surface area contributed by atoms with E-state index in [9.17, 15) is 14.4 Å². The van der Waals surface area contributed by atoms with E-state index < -0.39 is 0 Å². The summed E-state index contributed by atoms with van der Waals surface area (Å²) < 4.78 is 5.23. The van der Waals surface area contributed by atoms with Crippen LogP contribution >= 0.6 is 11.8 Å². The van der Waals surface area contributed by atoms with Crippen LogP contribution < -0.4 is 5.73 Å². The summed E-state index contributed by atoms with van der Waals surface area (Å²) in [5, 5.41) is -0.304. The molecule has 2 N–H and O–H groups in total. The number of rotatable bonds is 10. The Labute approximate surface area is 123 Å². The first-order valence-corrected chi connectivity index (χ1v) is 7.84. The number of Topliss-reactive ketones (excluding diaryl/α,β-unsaturated/α-hetero) is 1. The van der Waals surface area contributed by atoms with Gasteiger partial charge in [0.25, 0.3) is 0 Å². The number of carbonyl (C=O) groups is 3. The van der Waals surface area contributed by atoms with Gasteiger partial charge in [-0.1, -0.05) is 0 Å². The Morgan fingerprint density at radius 2 is 2.20 bits per heavy atom. The van der Waals surface area contributed by atoms with Crippen LogP contribution in [0.2, 0.25) is 0 Å². The van der Waals surface area contributed by atoms with Crippen molar-refractivity contribution < 1.29 is 19.1 Å². The van der Waals surface area contributed by atoms with Gasteiger partial charge < -0.3 is 15.3 Å². The van der Waals surface area contributed by atoms with Crippen LogP contribution in [0.4, 0.5) is 0 Å². The van der Waals surface area contributed by atoms with E-state index in [0.29, 0.717) is 44.9 Å². The fraction of sp³-hybridized carbons (Fsp3) is 0.769. The number of hydrogen-bond acceptors (Lipinski definition) is 6. The highest BCUT2D eigenvalue weighted by Crippen LogP contribution is 2.25. The van der Waals surface area contributed by atoms with Gasteiger partial charge in [0.15, 0.2) is 0 Å². The first-order valence-electron chi connectivity index (χ1n) is 6.79. The molecular weight excluding hydrogens is 280 g/mol. The minimum atomic E-state index is -0.304. The van der Waals surface area contributed by atoms with Crippen molar-refractivity contribution in [3.05, 3.63) is 0 Å². The van der Waals surface area contributed by atoms with Crippen molar-refractivity contribution >= 4 is 29.4 Å². The number of likely N-dealkylation sites (tertiary alicyclic amines) is 1. The van der Waals surface area contributed by atoms with Crippen LogP contribution in [0.5, 0.6) is 0 Å². The molecule has 2 amide bonds. The van der Waals surface area contributed by atoms with E-state index >= 15 is 0 Å². The molecule has 1 aliphatic rings. The van der Waals surface area contributed by atoms with Crippen molar-refractivity contribution in [1.29, 1.82) is 0 Å². The Bertz CT molecular complexity index is 362. The third-order valence-corrected chi connectivity index (χ3v) is 4.10. The number of amides is 2. The predicted octanol–water partition coefficient (Wildman–Crippen LogP) is 0.192. The Morgan fingerprint density at radius 3 is 2.85 bits per heavy atom. The number of carbonyl (C=O) groups excluding carboxylic acids is 3. The molecule has 1 heterocycles. The van der Waals surface area contributed by atoms with Crippen molar-refractivity contribution in [1.82, 2.24) is 4.90 Å². The summed E-state index contributed by atoms with van der Waals surface area (Å²) in [6.07, 6.45) is 1.20. The first kappa shape index (κ1) is 17.1. The molecule has 1 fully saturated rings. The number of nitrogens with zero attached hydrogens (tertiary/aromatic N) is 1. The van der Waals surface area contributed by atoms with Gasteiger partial charge in [0.05, 0.1) is 18.5 Å². The van der Waals surface area contributed by atoms with Crippen LogP contribution in [-0.4, -0.2) is 59.8 Å². The summed E-state index contributed by atoms with van der Waals surface area (Å²) in [7, 11) is 0. The van der Waals surface area contributed by atoms with Crippen molar-refractivity contribution in [2.75, 3.05) is 32.1 Å². The average molecular weight is 302 g/mol. The highest BCUT2D eigenvalue weighted by atomic mass is 32.2. The highest BCUT2D eigenvalue weighted by molar-refractivity contribution is 8.00. The van der Waals surface area contributed by atoms with E-state index in [0.717, 1.165) is 0 Å². The Morgan fingerprint density at radius 1 is 1.45 bits per heavy atom. The number of hydrogen-bond donors (Lipinski definition) is 1. The summed E-state index contributed by atoms with van der Waals surface area (Å²) >= 11 is 1.45. The van der Waals surface area contributed by atoms with Crippen molar-refractivity contribution in [3.63, 3.8) is 0 Å². The molecule has 7 heteroatoms. The second-order valence-electron chi connectivity index (χ2n) is 4.65. The van der Waals surface area contributed by atoms with Crippen molar-refractivity contribution in [2.45, 2.75) is 31.4 Å². The van der Waals surface area contributed by atoms with Gasteiger partial charge in [-0.15, -0.1) is 11.8 Å². The molecule has 0 saturated carbocycles. The highest BCUT2D eigenvalue weighted by Gasteiger charge is 2.38. The second-order valence-corrected chi connectivity index (χ2v) is 5.96. The van der Waals surface area contributed by atoms with E-state index in [2.05, 4.69) is 0 Å². The van der Waals surface area contributed by atoms with E-state index in [1.807, 2.05) is 0 Å². The lowest BCUT2D eigenvalue weighted by atomic mass is 10.2. The fourth-order valence-corrected chi connectivity index (χ4v) is 2.97. The van der Waals surface area contributed by atoms with Crippen LogP contribution in [0.3, 0.4) is 0 Å². The van der Waals surface area contributed by atoms with Crippen LogP contribution in [0.1, 0.15) is 26.2 Å². The molecule has 6 nitrogen and oxygen atoms in total. The Balaban J connectivity index is 2.28. The molecule has 0 aromatic carbocycles. The topological polar surface area (TPSA) is 89.7 Å². The van der Waals surface area contributed by atoms with Gasteiger partial charge in [-0.05, 0) is 13.3 Å². The molecule has 0 radical (unpaired) electrons. The molecule has 1 unspecified atom stereocenters. The Kier molecular flexibility index (Phi) is 7.79. The molecule has 114 valence electrons. The minimum absolute atomic E-state index is 0.0760. The quantitative estimate of drug-likeness (QED) is 0.458. The smallest absolute Gasteiger partial charge is 0.242 e. The van der Waals surface area contributed by atoms with E-state index in [-0.39, 0.29) is 29.3 Å². The molecule has 0 aromatic rings. The van der Waals surface area contributed by atoms with E-state index in [1.165, 1.54) is 23.6 Å². The second kappa shape index (κ2) is 9.10. The SMILES string of the molecule is CC(=O)CCCN1C(=O)CC(SCCOCCN)C1=O. The van der Waals surface area contributed by atoms with Crippen LogP contribution in [0.25, 0.3) is 0 Å². The minimum Gasteiger partial charge on any atom is -0.379 e. The van der Waals surface area contributed by atoms with Gasteiger partial charge >= 0.3 is 0 Å². The lowest BCUT2D eigenvalue weighted by molar-refractivity contribution is -0.138. The summed E-state index contributed by atoms with van der Waals surface area (Å²) in [6, 6.07) is 0. The van der Waals surface area contributed by atoms with Crippen LogP contribution in [0.15, 0.2) is 0 Å². The van der Waals surface area contributed by atoms with Crippen LogP contribution in [-0.2, 0) is 19.1 Å².